The zero-order valence-corrected chi connectivity index (χ0v) is 17.6. The highest BCUT2D eigenvalue weighted by atomic mass is 35.5. The van der Waals surface area contributed by atoms with E-state index < -0.39 is 10.0 Å². The van der Waals surface area contributed by atoms with Gasteiger partial charge in [-0.25, -0.2) is 18.5 Å². The first-order valence-corrected chi connectivity index (χ1v) is 11.7. The van der Waals surface area contributed by atoms with Gasteiger partial charge in [-0.15, -0.1) is 11.8 Å². The zero-order chi connectivity index (χ0) is 21.2. The smallest absolute Gasteiger partial charge is 0.209 e. The number of nitrogens with zero attached hydrogens (tertiary/aromatic N) is 3. The van der Waals surface area contributed by atoms with Crippen molar-refractivity contribution >= 4 is 45.4 Å². The molecule has 1 aliphatic heterocycles. The van der Waals surface area contributed by atoms with Crippen LogP contribution in [0.3, 0.4) is 0 Å². The summed E-state index contributed by atoms with van der Waals surface area (Å²) in [5, 5.41) is 25.2. The highest BCUT2D eigenvalue weighted by molar-refractivity contribution is 7.99. The van der Waals surface area contributed by atoms with Crippen LogP contribution in [0.2, 0.25) is 5.02 Å². The molecule has 0 bridgehead atoms. The molecule has 8 nitrogen and oxygen atoms in total. The molecule has 3 rings (SSSR count). The SMILES string of the molecule is N#Cc1c(SCCCCS(N)(=O)=O)nc(N)c(C2C=N2)c1-c1ccc(O)c(Cl)c1. The second-order valence-electron chi connectivity index (χ2n) is 6.41. The zero-order valence-electron chi connectivity index (χ0n) is 15.2. The Morgan fingerprint density at radius 2 is 2.07 bits per heavy atom. The number of primary sulfonamides is 1. The molecule has 2 aromatic rings. The van der Waals surface area contributed by atoms with E-state index in [2.05, 4.69) is 16.0 Å². The third-order valence-electron chi connectivity index (χ3n) is 4.24. The molecule has 1 atom stereocenters. The molecule has 5 N–H and O–H groups in total. The Morgan fingerprint density at radius 1 is 1.34 bits per heavy atom. The normalized spacial score (nSPS) is 15.3. The third kappa shape index (κ3) is 5.19. The van der Waals surface area contributed by atoms with Crippen LogP contribution < -0.4 is 10.9 Å². The standard InChI is InChI=1S/C18H18ClN5O3S2/c19-12-7-10(3-4-14(12)25)15-11(8-20)18(24-17(21)16(15)13-9-23-13)28-5-1-2-6-29(22,26)27/h3-4,7,9,13,25H,1-2,5-6H2,(H2,21,24)(H2,22,26,27). The summed E-state index contributed by atoms with van der Waals surface area (Å²) in [7, 11) is -3.49. The summed E-state index contributed by atoms with van der Waals surface area (Å²) in [6.45, 7) is 0. The van der Waals surface area contributed by atoms with Crippen LogP contribution in [-0.4, -0.2) is 36.2 Å². The van der Waals surface area contributed by atoms with E-state index in [4.69, 9.17) is 22.5 Å². The molecule has 1 unspecified atom stereocenters. The van der Waals surface area contributed by atoms with Crippen LogP contribution in [0.4, 0.5) is 5.82 Å². The summed E-state index contributed by atoms with van der Waals surface area (Å²) in [6, 6.07) is 6.63. The van der Waals surface area contributed by atoms with Crippen molar-refractivity contribution in [3.05, 3.63) is 34.3 Å². The van der Waals surface area contributed by atoms with E-state index in [0.717, 1.165) is 0 Å². The van der Waals surface area contributed by atoms with E-state index in [1.807, 2.05) is 0 Å². The number of pyridine rings is 1. The van der Waals surface area contributed by atoms with Gasteiger partial charge in [-0.2, -0.15) is 5.26 Å². The number of anilines is 1. The second kappa shape index (κ2) is 8.59. The van der Waals surface area contributed by atoms with Gasteiger partial charge in [-0.3, -0.25) is 4.99 Å². The Balaban J connectivity index is 1.95. The number of aromatic hydroxyl groups is 1. The predicted molar refractivity (Wildman–Crippen MR) is 115 cm³/mol. The number of rotatable bonds is 8. The van der Waals surface area contributed by atoms with Gasteiger partial charge in [0.2, 0.25) is 10.0 Å². The number of nitriles is 1. The topological polar surface area (TPSA) is 155 Å². The van der Waals surface area contributed by atoms with Crippen molar-refractivity contribution in [3.63, 3.8) is 0 Å². The highest BCUT2D eigenvalue weighted by Crippen LogP contribution is 2.43. The van der Waals surface area contributed by atoms with Gasteiger partial charge in [-0.1, -0.05) is 17.7 Å². The molecule has 2 heterocycles. The first-order chi connectivity index (χ1) is 13.7. The average Bonchev–Trinajstić information content (AvgIpc) is 3.47. The molecule has 0 spiro atoms. The van der Waals surface area contributed by atoms with Crippen molar-refractivity contribution < 1.29 is 13.5 Å². The van der Waals surface area contributed by atoms with Gasteiger partial charge in [-0.05, 0) is 36.3 Å². The fourth-order valence-electron chi connectivity index (χ4n) is 2.83. The van der Waals surface area contributed by atoms with Crippen molar-refractivity contribution in [1.82, 2.24) is 4.98 Å². The summed E-state index contributed by atoms with van der Waals surface area (Å²) >= 11 is 7.39. The Morgan fingerprint density at radius 3 is 2.66 bits per heavy atom. The number of nitrogens with two attached hydrogens (primary N) is 2. The van der Waals surface area contributed by atoms with Gasteiger partial charge < -0.3 is 10.8 Å². The molecule has 0 amide bonds. The van der Waals surface area contributed by atoms with Gasteiger partial charge in [0.05, 0.1) is 16.3 Å². The number of nitrogen functional groups attached to an aromatic ring is 1. The number of hydrogen-bond acceptors (Lipinski definition) is 8. The Bertz CT molecular complexity index is 1120. The lowest BCUT2D eigenvalue weighted by atomic mass is 9.94. The van der Waals surface area contributed by atoms with Crippen molar-refractivity contribution in [2.24, 2.45) is 10.1 Å². The van der Waals surface area contributed by atoms with Gasteiger partial charge in [0.15, 0.2) is 0 Å². The molecule has 0 saturated carbocycles. The van der Waals surface area contributed by atoms with Crippen LogP contribution in [0.25, 0.3) is 11.1 Å². The Labute approximate surface area is 177 Å². The van der Waals surface area contributed by atoms with Gasteiger partial charge in [0.1, 0.15) is 28.7 Å². The van der Waals surface area contributed by atoms with Crippen LogP contribution in [0.1, 0.15) is 30.0 Å². The van der Waals surface area contributed by atoms with Crippen LogP contribution in [-0.2, 0) is 10.0 Å². The maximum absolute atomic E-state index is 11.0. The number of phenolic OH excluding ortho intramolecular Hbond substituents is 1. The molecule has 11 heteroatoms. The van der Waals surface area contributed by atoms with E-state index in [1.54, 1.807) is 18.3 Å². The summed E-state index contributed by atoms with van der Waals surface area (Å²) in [6.07, 6.45) is 2.71. The first kappa shape index (κ1) is 21.4. The van der Waals surface area contributed by atoms with E-state index in [-0.39, 0.29) is 28.4 Å². The highest BCUT2D eigenvalue weighted by Gasteiger charge is 2.29. The molecule has 1 aromatic carbocycles. The minimum Gasteiger partial charge on any atom is -0.506 e. The van der Waals surface area contributed by atoms with Gasteiger partial charge >= 0.3 is 0 Å². The molecule has 0 saturated heterocycles. The first-order valence-electron chi connectivity index (χ1n) is 8.60. The number of aromatic nitrogens is 1. The largest absolute Gasteiger partial charge is 0.506 e. The molecule has 0 fully saturated rings. The maximum atomic E-state index is 11.0. The third-order valence-corrected chi connectivity index (χ3v) is 6.46. The average molecular weight is 452 g/mol. The second-order valence-corrected chi connectivity index (χ2v) is 9.63. The van der Waals surface area contributed by atoms with Crippen LogP contribution >= 0.6 is 23.4 Å². The number of halogens is 1. The van der Waals surface area contributed by atoms with Crippen LogP contribution in [0.15, 0.2) is 28.2 Å². The molecular formula is C18H18ClN5O3S2. The summed E-state index contributed by atoms with van der Waals surface area (Å²) in [5.41, 5.74) is 8.36. The number of aliphatic imine (C=N–C) groups is 1. The lowest BCUT2D eigenvalue weighted by Crippen LogP contribution is -2.16. The number of phenols is 1. The monoisotopic (exact) mass is 451 g/mol. The molecule has 1 aliphatic rings. The Hall–Kier alpha value is -2.32. The van der Waals surface area contributed by atoms with Gasteiger partial charge in [0, 0.05) is 17.3 Å². The minimum atomic E-state index is -3.49. The molecular weight excluding hydrogens is 434 g/mol. The molecule has 1 aromatic heterocycles. The molecule has 0 aliphatic carbocycles. The lowest BCUT2D eigenvalue weighted by Gasteiger charge is -2.16. The molecule has 152 valence electrons. The number of unbranched alkanes of at least 4 members (excludes halogenated alkanes) is 1. The summed E-state index contributed by atoms with van der Waals surface area (Å²) in [4.78, 5) is 8.55. The minimum absolute atomic E-state index is 0.0652. The predicted octanol–water partition coefficient (Wildman–Crippen LogP) is 2.85. The van der Waals surface area contributed by atoms with E-state index in [9.17, 15) is 18.8 Å². The Kier molecular flexibility index (Phi) is 6.33. The fourth-order valence-corrected chi connectivity index (χ4v) is 4.62. The number of sulfonamides is 1. The van der Waals surface area contributed by atoms with Crippen molar-refractivity contribution in [1.29, 1.82) is 5.26 Å². The number of hydrogen-bond donors (Lipinski definition) is 3. The van der Waals surface area contributed by atoms with Crippen LogP contribution in [0, 0.1) is 11.3 Å². The van der Waals surface area contributed by atoms with Crippen molar-refractivity contribution in [2.75, 3.05) is 17.2 Å². The fraction of sp³-hybridized carbons (Fsp3) is 0.278. The quantitative estimate of drug-likeness (QED) is 0.411. The van der Waals surface area contributed by atoms with E-state index in [1.165, 1.54) is 17.8 Å². The van der Waals surface area contributed by atoms with Crippen LogP contribution in [0.5, 0.6) is 5.75 Å². The summed E-state index contributed by atoms with van der Waals surface area (Å²) < 4.78 is 22.1. The summed E-state index contributed by atoms with van der Waals surface area (Å²) in [5.74, 6) is 0.650. The van der Waals surface area contributed by atoms with Crippen molar-refractivity contribution in [2.45, 2.75) is 23.9 Å². The molecule has 0 radical (unpaired) electrons. The lowest BCUT2D eigenvalue weighted by molar-refractivity contribution is 0.475. The van der Waals surface area contributed by atoms with Gasteiger partial charge in [0.25, 0.3) is 0 Å². The molecule has 29 heavy (non-hydrogen) atoms. The maximum Gasteiger partial charge on any atom is 0.209 e. The van der Waals surface area contributed by atoms with E-state index in [0.29, 0.717) is 45.9 Å². The number of thioether (sulfide) groups is 1. The van der Waals surface area contributed by atoms with E-state index >= 15 is 0 Å². The number of benzene rings is 1. The van der Waals surface area contributed by atoms with Crippen molar-refractivity contribution in [3.8, 4) is 22.9 Å².